The second-order valence-electron chi connectivity index (χ2n) is 11.0. The minimum absolute atomic E-state index is 0.141. The van der Waals surface area contributed by atoms with Gasteiger partial charge in [0.25, 0.3) is 0 Å². The van der Waals surface area contributed by atoms with Crippen LogP contribution in [0.2, 0.25) is 0 Å². The van der Waals surface area contributed by atoms with Gasteiger partial charge in [-0.1, -0.05) is 20.8 Å². The number of aliphatic hydroxyl groups is 1. The van der Waals surface area contributed by atoms with Gasteiger partial charge in [-0.3, -0.25) is 14.4 Å². The Bertz CT molecular complexity index is 731. The van der Waals surface area contributed by atoms with Gasteiger partial charge in [0.05, 0.1) is 0 Å². The van der Waals surface area contributed by atoms with Gasteiger partial charge in [0, 0.05) is 25.2 Å². The van der Waals surface area contributed by atoms with Crippen LogP contribution in [0.3, 0.4) is 0 Å². The number of hydrogen-bond donors (Lipinski definition) is 1. The molecule has 0 spiro atoms. The second-order valence-corrected chi connectivity index (χ2v) is 11.0. The number of carbonyl (C=O) groups is 3. The van der Waals surface area contributed by atoms with Gasteiger partial charge in [0.1, 0.15) is 11.4 Å². The van der Waals surface area contributed by atoms with Crippen molar-refractivity contribution in [2.24, 2.45) is 40.4 Å². The van der Waals surface area contributed by atoms with Crippen LogP contribution in [0.5, 0.6) is 0 Å². The van der Waals surface area contributed by atoms with Gasteiger partial charge in [0.2, 0.25) is 5.78 Å². The minimum Gasteiger partial charge on any atom is -0.458 e. The van der Waals surface area contributed by atoms with Gasteiger partial charge < -0.3 is 9.84 Å². The highest BCUT2D eigenvalue weighted by Crippen LogP contribution is 2.69. The van der Waals surface area contributed by atoms with Crippen LogP contribution in [0.25, 0.3) is 0 Å². The molecule has 5 heteroatoms. The third-order valence-electron chi connectivity index (χ3n) is 9.89. The van der Waals surface area contributed by atoms with Gasteiger partial charge in [-0.2, -0.15) is 0 Å². The van der Waals surface area contributed by atoms with Crippen LogP contribution in [0.1, 0.15) is 79.1 Å². The average Bonchev–Trinajstić information content (AvgIpc) is 2.88. The summed E-state index contributed by atoms with van der Waals surface area (Å²) in [5.41, 5.74) is -1.69. The first-order chi connectivity index (χ1) is 13.5. The molecule has 4 fully saturated rings. The normalized spacial score (nSPS) is 49.0. The number of rotatable bonds is 3. The summed E-state index contributed by atoms with van der Waals surface area (Å²) in [5, 5.41) is 11.7. The molecule has 4 saturated carbocycles. The maximum atomic E-state index is 13.1. The van der Waals surface area contributed by atoms with Crippen molar-refractivity contribution in [1.82, 2.24) is 0 Å². The van der Waals surface area contributed by atoms with E-state index in [1.807, 2.05) is 6.92 Å². The maximum absolute atomic E-state index is 13.1. The first-order valence-electron chi connectivity index (χ1n) is 11.4. The van der Waals surface area contributed by atoms with Gasteiger partial charge in [-0.15, -0.1) is 0 Å². The largest absolute Gasteiger partial charge is 0.458 e. The van der Waals surface area contributed by atoms with Crippen LogP contribution in [0.4, 0.5) is 0 Å². The second kappa shape index (κ2) is 6.90. The molecular weight excluding hydrogens is 368 g/mol. The maximum Gasteiger partial charge on any atom is 0.303 e. The van der Waals surface area contributed by atoms with Gasteiger partial charge in [-0.05, 0) is 73.5 Å². The van der Waals surface area contributed by atoms with Crippen molar-refractivity contribution in [2.45, 2.75) is 84.7 Å². The third-order valence-corrected chi connectivity index (χ3v) is 9.89. The zero-order valence-corrected chi connectivity index (χ0v) is 18.3. The van der Waals surface area contributed by atoms with E-state index in [4.69, 9.17) is 4.74 Å². The van der Waals surface area contributed by atoms with Gasteiger partial charge >= 0.3 is 5.97 Å². The van der Waals surface area contributed by atoms with Crippen molar-refractivity contribution in [3.63, 3.8) is 0 Å². The van der Waals surface area contributed by atoms with Crippen LogP contribution in [0, 0.1) is 40.4 Å². The molecule has 8 atom stereocenters. The molecule has 0 amide bonds. The molecule has 0 aromatic rings. The SMILES string of the molecule is CC(=O)OCC(=O)[C@]1(O)[C@@H](C)CC2C3CCC4CC(=O)CCC4(C)C3CCC21C. The molecule has 0 radical (unpaired) electrons. The van der Waals surface area contributed by atoms with Crippen molar-refractivity contribution in [3.8, 4) is 0 Å². The predicted octanol–water partition coefficient (Wildman–Crippen LogP) is 3.71. The number of hydrogen-bond acceptors (Lipinski definition) is 5. The Balaban J connectivity index is 1.62. The molecule has 162 valence electrons. The predicted molar refractivity (Wildman–Crippen MR) is 108 cm³/mol. The fourth-order valence-electron chi connectivity index (χ4n) is 8.26. The Morgan fingerprint density at radius 3 is 2.55 bits per heavy atom. The van der Waals surface area contributed by atoms with Crippen LogP contribution < -0.4 is 0 Å². The molecule has 0 aromatic carbocycles. The van der Waals surface area contributed by atoms with Gasteiger partial charge in [0.15, 0.2) is 6.61 Å². The molecule has 0 heterocycles. The minimum atomic E-state index is -1.43. The zero-order valence-electron chi connectivity index (χ0n) is 18.3. The summed E-state index contributed by atoms with van der Waals surface area (Å²) >= 11 is 0. The number of carbonyl (C=O) groups excluding carboxylic acids is 3. The van der Waals surface area contributed by atoms with Gasteiger partial charge in [-0.25, -0.2) is 0 Å². The molecule has 4 aliphatic rings. The molecule has 6 unspecified atom stereocenters. The first kappa shape index (κ1) is 21.0. The monoisotopic (exact) mass is 404 g/mol. The summed E-state index contributed by atoms with van der Waals surface area (Å²) in [5.74, 6) is 1.33. The van der Waals surface area contributed by atoms with E-state index < -0.39 is 17.0 Å². The van der Waals surface area contributed by atoms with E-state index in [-0.39, 0.29) is 23.7 Å². The number of esters is 1. The molecule has 0 saturated heterocycles. The fourth-order valence-corrected chi connectivity index (χ4v) is 8.26. The van der Waals surface area contributed by atoms with Crippen LogP contribution >= 0.6 is 0 Å². The number of ketones is 2. The van der Waals surface area contributed by atoms with Crippen LogP contribution in [-0.4, -0.2) is 34.9 Å². The molecule has 1 N–H and O–H groups in total. The van der Waals surface area contributed by atoms with E-state index in [1.54, 1.807) is 0 Å². The van der Waals surface area contributed by atoms with E-state index in [1.165, 1.54) is 6.92 Å². The molecule has 4 rings (SSSR count). The molecule has 29 heavy (non-hydrogen) atoms. The van der Waals surface area contributed by atoms with Crippen LogP contribution in [0.15, 0.2) is 0 Å². The van der Waals surface area contributed by atoms with Crippen molar-refractivity contribution in [3.05, 3.63) is 0 Å². The Labute approximate surface area is 174 Å². The average molecular weight is 405 g/mol. The Kier molecular flexibility index (Phi) is 5.00. The molecule has 4 aliphatic carbocycles. The zero-order chi connectivity index (χ0) is 21.2. The fraction of sp³-hybridized carbons (Fsp3) is 0.875. The summed E-state index contributed by atoms with van der Waals surface area (Å²) in [6.07, 6.45) is 7.30. The lowest BCUT2D eigenvalue weighted by molar-refractivity contribution is -0.179. The summed E-state index contributed by atoms with van der Waals surface area (Å²) in [6.45, 7) is 7.44. The highest BCUT2D eigenvalue weighted by molar-refractivity contribution is 5.91. The van der Waals surface area contributed by atoms with E-state index in [0.717, 1.165) is 44.9 Å². The smallest absolute Gasteiger partial charge is 0.303 e. The highest BCUT2D eigenvalue weighted by Gasteiger charge is 2.69. The molecular formula is C24H36O5. The Morgan fingerprint density at radius 1 is 1.14 bits per heavy atom. The topological polar surface area (TPSA) is 80.7 Å². The van der Waals surface area contributed by atoms with Crippen molar-refractivity contribution in [1.29, 1.82) is 0 Å². The highest BCUT2D eigenvalue weighted by atomic mass is 16.5. The molecule has 0 bridgehead atoms. The van der Waals surface area contributed by atoms with Crippen molar-refractivity contribution >= 4 is 17.5 Å². The Hall–Kier alpha value is -1.23. The summed E-state index contributed by atoms with van der Waals surface area (Å²) in [7, 11) is 0. The van der Waals surface area contributed by atoms with Crippen molar-refractivity contribution in [2.75, 3.05) is 6.61 Å². The Morgan fingerprint density at radius 2 is 1.86 bits per heavy atom. The number of fused-ring (bicyclic) bond motifs is 5. The van der Waals surface area contributed by atoms with Crippen molar-refractivity contribution < 1.29 is 24.2 Å². The van der Waals surface area contributed by atoms with E-state index in [0.29, 0.717) is 35.9 Å². The molecule has 0 aliphatic heterocycles. The standard InChI is InChI=1S/C24H36O5/c1-14-11-20-18-6-5-16-12-17(26)7-9-22(16,3)19(18)8-10-23(20,4)24(14,28)21(27)13-29-15(2)25/h14,16,18-20,28H,5-13H2,1-4H3/t14-,16?,18?,19?,20?,22?,23?,24+/m0/s1. The molecule has 5 nitrogen and oxygen atoms in total. The third kappa shape index (κ3) is 2.86. The van der Waals surface area contributed by atoms with E-state index in [2.05, 4.69) is 13.8 Å². The lowest BCUT2D eigenvalue weighted by Crippen LogP contribution is -2.60. The number of ether oxygens (including phenoxy) is 1. The summed E-state index contributed by atoms with van der Waals surface area (Å²) < 4.78 is 4.98. The summed E-state index contributed by atoms with van der Waals surface area (Å²) in [6, 6.07) is 0. The quantitative estimate of drug-likeness (QED) is 0.725. The molecule has 0 aromatic heterocycles. The lowest BCUT2D eigenvalue weighted by atomic mass is 9.44. The first-order valence-corrected chi connectivity index (χ1v) is 11.4. The van der Waals surface area contributed by atoms with E-state index in [9.17, 15) is 19.5 Å². The number of Topliss-reactive ketones (excluding diaryl/α,β-unsaturated/α-hetero) is 2. The summed E-state index contributed by atoms with van der Waals surface area (Å²) in [4.78, 5) is 36.3. The lowest BCUT2D eigenvalue weighted by Gasteiger charge is -2.60. The van der Waals surface area contributed by atoms with Crippen LogP contribution in [-0.2, 0) is 19.1 Å². The van der Waals surface area contributed by atoms with E-state index >= 15 is 0 Å².